The van der Waals surface area contributed by atoms with Crippen molar-refractivity contribution in [3.63, 3.8) is 0 Å². The Balaban J connectivity index is 0.00000169. The minimum absolute atomic E-state index is 0. The van der Waals surface area contributed by atoms with Crippen LogP contribution >= 0.6 is 12.4 Å². The molecule has 0 radical (unpaired) electrons. The van der Waals surface area contributed by atoms with Crippen LogP contribution in [0.1, 0.15) is 53.5 Å². The Hall–Kier alpha value is -1.42. The lowest BCUT2D eigenvalue weighted by Crippen LogP contribution is -2.23. The predicted octanol–water partition coefficient (Wildman–Crippen LogP) is 4.55. The minimum Gasteiger partial charge on any atom is -0.368 e. The van der Waals surface area contributed by atoms with Crippen LogP contribution in [-0.2, 0) is 4.74 Å². The molecule has 2 aliphatic rings. The quantitative estimate of drug-likeness (QED) is 0.860. The number of benzene rings is 2. The van der Waals surface area contributed by atoms with Crippen LogP contribution in [0.4, 0.5) is 4.39 Å². The van der Waals surface area contributed by atoms with Gasteiger partial charge in [-0.1, -0.05) is 37.3 Å². The second-order valence-corrected chi connectivity index (χ2v) is 6.70. The highest BCUT2D eigenvalue weighted by molar-refractivity contribution is 5.85. The monoisotopic (exact) mass is 347 g/mol. The zero-order chi connectivity index (χ0) is 16.0. The van der Waals surface area contributed by atoms with Crippen molar-refractivity contribution in [2.45, 2.75) is 37.4 Å². The molecular weight excluding hydrogens is 325 g/mol. The lowest BCUT2D eigenvalue weighted by molar-refractivity contribution is 0.0417. The number of hydrogen-bond acceptors (Lipinski definition) is 2. The van der Waals surface area contributed by atoms with Crippen molar-refractivity contribution in [3.05, 3.63) is 70.5 Å². The summed E-state index contributed by atoms with van der Waals surface area (Å²) in [6, 6.07) is 13.8. The first-order chi connectivity index (χ1) is 11.2. The van der Waals surface area contributed by atoms with Crippen LogP contribution in [-0.4, -0.2) is 19.7 Å². The Labute approximate surface area is 148 Å². The first-order valence-electron chi connectivity index (χ1n) is 8.37. The molecule has 0 bridgehead atoms. The van der Waals surface area contributed by atoms with Gasteiger partial charge in [0, 0.05) is 18.4 Å². The number of halogens is 2. The van der Waals surface area contributed by atoms with Crippen LogP contribution in [0, 0.1) is 5.82 Å². The molecule has 24 heavy (non-hydrogen) atoms. The van der Waals surface area contributed by atoms with E-state index < -0.39 is 0 Å². The van der Waals surface area contributed by atoms with Gasteiger partial charge in [0.1, 0.15) is 5.82 Å². The van der Waals surface area contributed by atoms with Gasteiger partial charge < -0.3 is 10.1 Å². The maximum absolute atomic E-state index is 13.9. The molecule has 1 aliphatic carbocycles. The van der Waals surface area contributed by atoms with Gasteiger partial charge in [0.2, 0.25) is 0 Å². The van der Waals surface area contributed by atoms with E-state index in [1.165, 1.54) is 16.7 Å². The largest absolute Gasteiger partial charge is 0.368 e. The fraction of sp³-hybridized carbons (Fsp3) is 0.400. The van der Waals surface area contributed by atoms with Crippen LogP contribution in [0.5, 0.6) is 0 Å². The molecule has 1 aliphatic heterocycles. The first kappa shape index (κ1) is 17.4. The molecule has 128 valence electrons. The summed E-state index contributed by atoms with van der Waals surface area (Å²) in [5.41, 5.74) is 4.93. The Morgan fingerprint density at radius 2 is 1.79 bits per heavy atom. The van der Waals surface area contributed by atoms with E-state index in [9.17, 15) is 4.39 Å². The fourth-order valence-corrected chi connectivity index (χ4v) is 4.30. The van der Waals surface area contributed by atoms with Crippen LogP contribution in [0.25, 0.3) is 0 Å². The number of hydrogen-bond donors (Lipinski definition) is 1. The average Bonchev–Trinajstić information content (AvgIpc) is 2.95. The summed E-state index contributed by atoms with van der Waals surface area (Å²) in [7, 11) is 1.95. The van der Waals surface area contributed by atoms with Gasteiger partial charge in [-0.15, -0.1) is 12.4 Å². The van der Waals surface area contributed by atoms with Gasteiger partial charge in [-0.3, -0.25) is 0 Å². The Kier molecular flexibility index (Phi) is 4.95. The van der Waals surface area contributed by atoms with Crippen molar-refractivity contribution in [2.24, 2.45) is 0 Å². The molecule has 4 heteroatoms. The highest BCUT2D eigenvalue weighted by Crippen LogP contribution is 2.51. The van der Waals surface area contributed by atoms with E-state index in [0.29, 0.717) is 5.92 Å². The van der Waals surface area contributed by atoms with Gasteiger partial charge in [0.05, 0.1) is 12.2 Å². The molecule has 4 rings (SSSR count). The molecule has 2 nitrogen and oxygen atoms in total. The van der Waals surface area contributed by atoms with E-state index in [4.69, 9.17) is 4.74 Å². The van der Waals surface area contributed by atoms with E-state index in [0.717, 1.165) is 18.5 Å². The van der Waals surface area contributed by atoms with Crippen LogP contribution in [0.2, 0.25) is 0 Å². The lowest BCUT2D eigenvalue weighted by atomic mass is 9.86. The Bertz CT molecular complexity index is 735. The fourth-order valence-electron chi connectivity index (χ4n) is 4.30. The standard InChI is InChI=1S/C20H22FNO.ClH/c1-12-15-5-3-4-6-17(15)19-10-14(11-22-2)23-20(19)18-9-13(21)7-8-16(12)18;/h3-9,12,14,19-20,22H,10-11H2,1-2H3;1H/t12-,14-,19-,20-;/m1./s1. The number of likely N-dealkylation sites (N-methyl/N-ethyl adjacent to an activating group) is 1. The maximum atomic E-state index is 13.9. The van der Waals surface area contributed by atoms with Crippen molar-refractivity contribution >= 4 is 12.4 Å². The smallest absolute Gasteiger partial charge is 0.123 e. The molecule has 1 heterocycles. The van der Waals surface area contributed by atoms with Gasteiger partial charge >= 0.3 is 0 Å². The third-order valence-electron chi connectivity index (χ3n) is 5.34. The van der Waals surface area contributed by atoms with Crippen molar-refractivity contribution < 1.29 is 9.13 Å². The van der Waals surface area contributed by atoms with E-state index in [1.54, 1.807) is 12.1 Å². The highest BCUT2D eigenvalue weighted by atomic mass is 35.5. The Morgan fingerprint density at radius 1 is 1.08 bits per heavy atom. The lowest BCUT2D eigenvalue weighted by Gasteiger charge is -2.20. The van der Waals surface area contributed by atoms with Crippen molar-refractivity contribution in [3.8, 4) is 0 Å². The summed E-state index contributed by atoms with van der Waals surface area (Å²) < 4.78 is 20.3. The summed E-state index contributed by atoms with van der Waals surface area (Å²) in [5.74, 6) is 0.384. The highest BCUT2D eigenvalue weighted by Gasteiger charge is 2.41. The number of rotatable bonds is 2. The molecule has 0 spiro atoms. The molecule has 0 saturated carbocycles. The molecule has 1 N–H and O–H groups in total. The van der Waals surface area contributed by atoms with E-state index in [2.05, 4.69) is 36.5 Å². The molecule has 1 saturated heterocycles. The molecule has 2 aromatic rings. The Morgan fingerprint density at radius 3 is 2.54 bits per heavy atom. The molecule has 0 aromatic heterocycles. The van der Waals surface area contributed by atoms with E-state index in [1.807, 2.05) is 13.1 Å². The zero-order valence-electron chi connectivity index (χ0n) is 14.0. The summed E-state index contributed by atoms with van der Waals surface area (Å²) >= 11 is 0. The van der Waals surface area contributed by atoms with Gasteiger partial charge in [-0.25, -0.2) is 4.39 Å². The van der Waals surface area contributed by atoms with Gasteiger partial charge in [-0.2, -0.15) is 0 Å². The molecular formula is C20H23ClFNO. The van der Waals surface area contributed by atoms with Crippen LogP contribution in [0.15, 0.2) is 42.5 Å². The SMILES string of the molecule is CNC[C@H]1C[C@@H]2c3ccccc3[C@@H](C)c3ccc(F)cc3[C@H]2O1.Cl. The van der Waals surface area contributed by atoms with Gasteiger partial charge in [0.25, 0.3) is 0 Å². The second kappa shape index (κ2) is 6.83. The molecule has 0 unspecified atom stereocenters. The molecule has 0 amide bonds. The second-order valence-electron chi connectivity index (χ2n) is 6.70. The van der Waals surface area contributed by atoms with Crippen LogP contribution in [0.3, 0.4) is 0 Å². The average molecular weight is 348 g/mol. The maximum Gasteiger partial charge on any atom is 0.123 e. The molecule has 1 fully saturated rings. The number of nitrogens with one attached hydrogen (secondary N) is 1. The molecule has 4 atom stereocenters. The minimum atomic E-state index is -0.179. The van der Waals surface area contributed by atoms with Gasteiger partial charge in [0.15, 0.2) is 0 Å². The third-order valence-corrected chi connectivity index (χ3v) is 5.34. The molecule has 2 aromatic carbocycles. The van der Waals surface area contributed by atoms with Crippen molar-refractivity contribution in [1.29, 1.82) is 0 Å². The zero-order valence-corrected chi connectivity index (χ0v) is 14.8. The van der Waals surface area contributed by atoms with E-state index in [-0.39, 0.29) is 36.4 Å². The summed E-state index contributed by atoms with van der Waals surface area (Å²) in [6.07, 6.45) is 1.10. The number of fused-ring (bicyclic) bond motifs is 5. The summed E-state index contributed by atoms with van der Waals surface area (Å²) in [4.78, 5) is 0. The topological polar surface area (TPSA) is 21.3 Å². The summed E-state index contributed by atoms with van der Waals surface area (Å²) in [5, 5.41) is 3.20. The van der Waals surface area contributed by atoms with Gasteiger partial charge in [-0.05, 0) is 47.9 Å². The third kappa shape index (κ3) is 2.75. The predicted molar refractivity (Wildman–Crippen MR) is 96.5 cm³/mol. The number of ether oxygens (including phenoxy) is 1. The van der Waals surface area contributed by atoms with Crippen molar-refractivity contribution in [1.82, 2.24) is 5.32 Å². The summed E-state index contributed by atoms with van der Waals surface area (Å²) in [6.45, 7) is 3.04. The first-order valence-corrected chi connectivity index (χ1v) is 8.37. The normalized spacial score (nSPS) is 27.5. The van der Waals surface area contributed by atoms with Crippen LogP contribution < -0.4 is 5.32 Å². The van der Waals surface area contributed by atoms with Crippen molar-refractivity contribution in [2.75, 3.05) is 13.6 Å². The van der Waals surface area contributed by atoms with E-state index >= 15 is 0 Å².